The van der Waals surface area contributed by atoms with E-state index in [9.17, 15) is 4.79 Å². The number of halogens is 1. The van der Waals surface area contributed by atoms with Gasteiger partial charge in [-0.15, -0.1) is 11.8 Å². The van der Waals surface area contributed by atoms with Gasteiger partial charge in [-0.2, -0.15) is 0 Å². The van der Waals surface area contributed by atoms with E-state index in [1.165, 1.54) is 11.1 Å². The van der Waals surface area contributed by atoms with E-state index in [0.29, 0.717) is 0 Å². The number of amides is 1. The van der Waals surface area contributed by atoms with Crippen molar-refractivity contribution in [2.45, 2.75) is 36.7 Å². The molecule has 1 heterocycles. The summed E-state index contributed by atoms with van der Waals surface area (Å²) in [6, 6.07) is 27.1. The highest BCUT2D eigenvalue weighted by atomic mass is 35.5. The number of H-pyrrole nitrogens is 1. The van der Waals surface area contributed by atoms with Gasteiger partial charge in [0.05, 0.1) is 10.3 Å². The SMILES string of the molecule is O=C(Nc1ccc2[nH]c(CSC(c3ccccc3)c3ccccc3)c(Cl)c2c1)C1CCCC1. The van der Waals surface area contributed by atoms with Crippen LogP contribution < -0.4 is 5.32 Å². The molecule has 0 spiro atoms. The first-order valence-corrected chi connectivity index (χ1v) is 12.9. The second-order valence-electron chi connectivity index (χ2n) is 8.66. The Kier molecular flexibility index (Phi) is 6.75. The summed E-state index contributed by atoms with van der Waals surface area (Å²) in [6.07, 6.45) is 4.28. The molecular weight excluding hydrogens is 448 g/mol. The normalized spacial score (nSPS) is 14.2. The third-order valence-electron chi connectivity index (χ3n) is 6.40. The van der Waals surface area contributed by atoms with Crippen LogP contribution in [0.25, 0.3) is 10.9 Å². The Labute approximate surface area is 203 Å². The molecule has 5 heteroatoms. The number of aromatic nitrogens is 1. The number of carbonyl (C=O) groups excluding carboxylic acids is 1. The zero-order chi connectivity index (χ0) is 22.6. The molecule has 1 amide bonds. The number of hydrogen-bond acceptors (Lipinski definition) is 2. The predicted octanol–water partition coefficient (Wildman–Crippen LogP) is 7.97. The van der Waals surface area contributed by atoms with E-state index in [4.69, 9.17) is 11.6 Å². The number of anilines is 1. The monoisotopic (exact) mass is 474 g/mol. The van der Waals surface area contributed by atoms with Crippen molar-refractivity contribution < 1.29 is 4.79 Å². The van der Waals surface area contributed by atoms with Crippen LogP contribution >= 0.6 is 23.4 Å². The van der Waals surface area contributed by atoms with E-state index in [1.54, 1.807) is 0 Å². The van der Waals surface area contributed by atoms with Crippen molar-refractivity contribution >= 4 is 45.9 Å². The first-order valence-electron chi connectivity index (χ1n) is 11.5. The average Bonchev–Trinajstić information content (AvgIpc) is 3.50. The Bertz CT molecular complexity index is 1190. The molecule has 2 N–H and O–H groups in total. The van der Waals surface area contributed by atoms with Crippen molar-refractivity contribution in [3.05, 3.63) is 101 Å². The third kappa shape index (κ3) is 4.97. The molecule has 168 valence electrons. The predicted molar refractivity (Wildman–Crippen MR) is 140 cm³/mol. The van der Waals surface area contributed by atoms with Crippen molar-refractivity contribution in [1.82, 2.24) is 4.98 Å². The van der Waals surface area contributed by atoms with Crippen LogP contribution in [0, 0.1) is 5.92 Å². The summed E-state index contributed by atoms with van der Waals surface area (Å²) in [5, 5.41) is 4.99. The molecule has 0 atom stereocenters. The molecule has 5 rings (SSSR count). The van der Waals surface area contributed by atoms with E-state index in [0.717, 1.165) is 58.7 Å². The Morgan fingerprint density at radius 3 is 2.24 bits per heavy atom. The highest BCUT2D eigenvalue weighted by molar-refractivity contribution is 7.98. The number of aromatic amines is 1. The van der Waals surface area contributed by atoms with Gasteiger partial charge in [0.2, 0.25) is 5.91 Å². The highest BCUT2D eigenvalue weighted by Gasteiger charge is 2.23. The van der Waals surface area contributed by atoms with Crippen molar-refractivity contribution in [2.24, 2.45) is 5.92 Å². The molecule has 0 radical (unpaired) electrons. The van der Waals surface area contributed by atoms with Gasteiger partial charge in [0.15, 0.2) is 0 Å². The molecule has 0 aliphatic heterocycles. The molecule has 1 saturated carbocycles. The molecule has 1 aliphatic carbocycles. The molecule has 4 aromatic rings. The van der Waals surface area contributed by atoms with Gasteiger partial charge < -0.3 is 10.3 Å². The molecular formula is C28H27ClN2OS. The number of nitrogens with one attached hydrogen (secondary N) is 2. The zero-order valence-electron chi connectivity index (χ0n) is 18.4. The maximum Gasteiger partial charge on any atom is 0.227 e. The van der Waals surface area contributed by atoms with Gasteiger partial charge in [0.25, 0.3) is 0 Å². The Balaban J connectivity index is 1.36. The molecule has 0 unspecified atom stereocenters. The molecule has 3 nitrogen and oxygen atoms in total. The first kappa shape index (κ1) is 22.1. The maximum absolute atomic E-state index is 12.5. The van der Waals surface area contributed by atoms with E-state index >= 15 is 0 Å². The largest absolute Gasteiger partial charge is 0.356 e. The van der Waals surface area contributed by atoms with E-state index < -0.39 is 0 Å². The molecule has 33 heavy (non-hydrogen) atoms. The quantitative estimate of drug-likeness (QED) is 0.285. The van der Waals surface area contributed by atoms with Crippen molar-refractivity contribution in [3.63, 3.8) is 0 Å². The Morgan fingerprint density at radius 2 is 1.61 bits per heavy atom. The minimum Gasteiger partial charge on any atom is -0.356 e. The fourth-order valence-corrected chi connectivity index (χ4v) is 6.23. The van der Waals surface area contributed by atoms with Gasteiger partial charge in [0, 0.05) is 34.0 Å². The van der Waals surface area contributed by atoms with Gasteiger partial charge in [0.1, 0.15) is 0 Å². The van der Waals surface area contributed by atoms with Crippen molar-refractivity contribution in [3.8, 4) is 0 Å². The van der Waals surface area contributed by atoms with Gasteiger partial charge >= 0.3 is 0 Å². The average molecular weight is 475 g/mol. The summed E-state index contributed by atoms with van der Waals surface area (Å²) in [6.45, 7) is 0. The van der Waals surface area contributed by atoms with Gasteiger partial charge in [-0.25, -0.2) is 0 Å². The zero-order valence-corrected chi connectivity index (χ0v) is 20.0. The minimum atomic E-state index is 0.128. The van der Waals surface area contributed by atoms with Crippen LogP contribution in [0.1, 0.15) is 47.8 Å². The molecule has 0 bridgehead atoms. The Morgan fingerprint density at radius 1 is 0.970 bits per heavy atom. The lowest BCUT2D eigenvalue weighted by Gasteiger charge is -2.17. The topological polar surface area (TPSA) is 44.9 Å². The van der Waals surface area contributed by atoms with Gasteiger partial charge in [-0.3, -0.25) is 4.79 Å². The molecule has 3 aromatic carbocycles. The number of benzene rings is 3. The van der Waals surface area contributed by atoms with E-state index in [-0.39, 0.29) is 17.1 Å². The van der Waals surface area contributed by atoms with Gasteiger partial charge in [-0.05, 0) is 42.2 Å². The fourth-order valence-electron chi connectivity index (χ4n) is 4.63. The van der Waals surface area contributed by atoms with E-state index in [2.05, 4.69) is 58.8 Å². The number of hydrogen-bond donors (Lipinski definition) is 2. The Hall–Kier alpha value is -2.69. The number of fused-ring (bicyclic) bond motifs is 1. The number of rotatable bonds is 7. The van der Waals surface area contributed by atoms with Crippen molar-refractivity contribution in [1.29, 1.82) is 0 Å². The van der Waals surface area contributed by atoms with Crippen LogP contribution in [0.2, 0.25) is 5.02 Å². The van der Waals surface area contributed by atoms with E-state index in [1.807, 2.05) is 42.1 Å². The standard InChI is InChI=1S/C28H27ClN2OS/c29-26-23-17-22(30-28(32)21-13-7-8-14-21)15-16-24(23)31-25(26)18-33-27(19-9-3-1-4-10-19)20-11-5-2-6-12-20/h1-6,9-12,15-17,21,27,31H,7-8,13-14,18H2,(H,30,32). The lowest BCUT2D eigenvalue weighted by atomic mass is 10.0. The van der Waals surface area contributed by atoms with Crippen molar-refractivity contribution in [2.75, 3.05) is 5.32 Å². The molecule has 0 saturated heterocycles. The second kappa shape index (κ2) is 10.1. The molecule has 1 fully saturated rings. The fraction of sp³-hybridized carbons (Fsp3) is 0.250. The summed E-state index contributed by atoms with van der Waals surface area (Å²) in [7, 11) is 0. The van der Waals surface area contributed by atoms with Crippen LogP contribution in [0.3, 0.4) is 0 Å². The lowest BCUT2D eigenvalue weighted by molar-refractivity contribution is -0.119. The second-order valence-corrected chi connectivity index (χ2v) is 10.1. The van der Waals surface area contributed by atoms with Gasteiger partial charge in [-0.1, -0.05) is 85.1 Å². The van der Waals surface area contributed by atoms with Crippen LogP contribution in [0.15, 0.2) is 78.9 Å². The summed E-state index contributed by atoms with van der Waals surface area (Å²) in [4.78, 5) is 16.0. The maximum atomic E-state index is 12.5. The molecule has 1 aliphatic rings. The summed E-state index contributed by atoms with van der Waals surface area (Å²) in [5.74, 6) is 1.02. The summed E-state index contributed by atoms with van der Waals surface area (Å²) >= 11 is 8.67. The smallest absolute Gasteiger partial charge is 0.227 e. The van der Waals surface area contributed by atoms with Crippen LogP contribution in [0.5, 0.6) is 0 Å². The number of carbonyl (C=O) groups is 1. The number of thioether (sulfide) groups is 1. The minimum absolute atomic E-state index is 0.128. The summed E-state index contributed by atoms with van der Waals surface area (Å²) in [5.41, 5.74) is 5.36. The van der Waals surface area contributed by atoms with Crippen LogP contribution in [-0.4, -0.2) is 10.9 Å². The lowest BCUT2D eigenvalue weighted by Crippen LogP contribution is -2.20. The highest BCUT2D eigenvalue weighted by Crippen LogP contribution is 2.40. The molecule has 1 aromatic heterocycles. The first-order chi connectivity index (χ1) is 16.2. The summed E-state index contributed by atoms with van der Waals surface area (Å²) < 4.78 is 0. The van der Waals surface area contributed by atoms with Crippen LogP contribution in [-0.2, 0) is 10.5 Å². The third-order valence-corrected chi connectivity index (χ3v) is 8.16. The van der Waals surface area contributed by atoms with Crippen LogP contribution in [0.4, 0.5) is 5.69 Å².